The molecule has 0 spiro atoms. The molecule has 0 saturated heterocycles. The number of nitrogens with one attached hydrogen (secondary N) is 1. The van der Waals surface area contributed by atoms with Crippen molar-refractivity contribution in [3.63, 3.8) is 0 Å². The van der Waals surface area contributed by atoms with Crippen LogP contribution in [0.4, 0.5) is 0 Å². The molecule has 3 rings (SSSR count). The number of rotatable bonds is 4. The summed E-state index contributed by atoms with van der Waals surface area (Å²) in [5.41, 5.74) is 2.01. The Balaban J connectivity index is 1.67. The van der Waals surface area contributed by atoms with E-state index in [1.807, 2.05) is 31.3 Å². The van der Waals surface area contributed by atoms with Crippen molar-refractivity contribution in [2.75, 3.05) is 6.54 Å². The van der Waals surface area contributed by atoms with Crippen LogP contribution >= 0.6 is 0 Å². The number of carbonyl (C=O) groups is 1. The summed E-state index contributed by atoms with van der Waals surface area (Å²) in [6, 6.07) is 5.65. The molecule has 1 aliphatic rings. The third kappa shape index (κ3) is 2.99. The number of pyridine rings is 1. The first-order chi connectivity index (χ1) is 10.7. The first kappa shape index (κ1) is 15.0. The van der Waals surface area contributed by atoms with Crippen LogP contribution in [0.15, 0.2) is 24.4 Å². The molecule has 118 valence electrons. The molecule has 2 N–H and O–H groups in total. The van der Waals surface area contributed by atoms with Crippen LogP contribution in [0.5, 0.6) is 0 Å². The van der Waals surface area contributed by atoms with Gasteiger partial charge in [0.25, 0.3) is 5.91 Å². The average Bonchev–Trinajstić information content (AvgIpc) is 2.89. The number of aromatic nitrogens is 2. The third-order valence-corrected chi connectivity index (χ3v) is 4.59. The summed E-state index contributed by atoms with van der Waals surface area (Å²) in [5, 5.41) is 13.1. The van der Waals surface area contributed by atoms with E-state index >= 15 is 0 Å². The van der Waals surface area contributed by atoms with E-state index in [2.05, 4.69) is 10.3 Å². The fraction of sp³-hybridized carbons (Fsp3) is 0.529. The standard InChI is InChI=1S/C17H23N3O2/c1-12-16(20-10-6-5-9-15(20)19-12)17(22)18-11-14(21)13-7-3-2-4-8-13/h5-6,9-10,13-14,21H,2-4,7-8,11H2,1H3,(H,18,22). The zero-order valence-corrected chi connectivity index (χ0v) is 13.0. The summed E-state index contributed by atoms with van der Waals surface area (Å²) in [4.78, 5) is 16.8. The second-order valence-corrected chi connectivity index (χ2v) is 6.15. The van der Waals surface area contributed by atoms with E-state index < -0.39 is 6.10 Å². The van der Waals surface area contributed by atoms with Crippen molar-refractivity contribution >= 4 is 11.6 Å². The van der Waals surface area contributed by atoms with Gasteiger partial charge in [-0.25, -0.2) is 4.98 Å². The molecule has 5 heteroatoms. The SMILES string of the molecule is Cc1nc2ccccn2c1C(=O)NCC(O)C1CCCCC1. The Kier molecular flexibility index (Phi) is 4.43. The Morgan fingerprint density at radius 3 is 2.95 bits per heavy atom. The molecule has 0 aromatic carbocycles. The molecule has 1 saturated carbocycles. The summed E-state index contributed by atoms with van der Waals surface area (Å²) in [5.74, 6) is 0.142. The molecule has 1 amide bonds. The molecule has 2 aromatic heterocycles. The van der Waals surface area contributed by atoms with Gasteiger partial charge in [-0.1, -0.05) is 25.3 Å². The van der Waals surface area contributed by atoms with Gasteiger partial charge in [0.2, 0.25) is 0 Å². The number of aliphatic hydroxyl groups is 1. The lowest BCUT2D eigenvalue weighted by molar-refractivity contribution is 0.0735. The maximum Gasteiger partial charge on any atom is 0.270 e. The van der Waals surface area contributed by atoms with Gasteiger partial charge >= 0.3 is 0 Å². The highest BCUT2D eigenvalue weighted by Crippen LogP contribution is 2.26. The maximum absolute atomic E-state index is 12.4. The molecular formula is C17H23N3O2. The number of hydrogen-bond acceptors (Lipinski definition) is 3. The molecule has 1 unspecified atom stereocenters. The Labute approximate surface area is 130 Å². The molecule has 0 bridgehead atoms. The van der Waals surface area contributed by atoms with Gasteiger partial charge in [0, 0.05) is 12.7 Å². The van der Waals surface area contributed by atoms with E-state index in [0.29, 0.717) is 23.9 Å². The number of nitrogens with zero attached hydrogens (tertiary/aromatic N) is 2. The Hall–Kier alpha value is -1.88. The van der Waals surface area contributed by atoms with Crippen molar-refractivity contribution in [3.8, 4) is 0 Å². The lowest BCUT2D eigenvalue weighted by Gasteiger charge is -2.26. The van der Waals surface area contributed by atoms with E-state index in [9.17, 15) is 9.90 Å². The Morgan fingerprint density at radius 1 is 1.41 bits per heavy atom. The third-order valence-electron chi connectivity index (χ3n) is 4.59. The Bertz CT molecular complexity index is 659. The minimum absolute atomic E-state index is 0.175. The summed E-state index contributed by atoms with van der Waals surface area (Å²) >= 11 is 0. The van der Waals surface area contributed by atoms with Gasteiger partial charge in [-0.3, -0.25) is 9.20 Å². The molecule has 0 radical (unpaired) electrons. The molecule has 0 aliphatic heterocycles. The van der Waals surface area contributed by atoms with Crippen molar-refractivity contribution in [3.05, 3.63) is 35.8 Å². The van der Waals surface area contributed by atoms with Crippen LogP contribution < -0.4 is 5.32 Å². The van der Waals surface area contributed by atoms with Crippen molar-refractivity contribution in [1.82, 2.24) is 14.7 Å². The van der Waals surface area contributed by atoms with Gasteiger partial charge in [-0.15, -0.1) is 0 Å². The lowest BCUT2D eigenvalue weighted by Crippen LogP contribution is -2.37. The summed E-state index contributed by atoms with van der Waals surface area (Å²) in [6.07, 6.45) is 7.13. The fourth-order valence-electron chi connectivity index (χ4n) is 3.35. The van der Waals surface area contributed by atoms with Crippen LogP contribution in [0.25, 0.3) is 5.65 Å². The normalized spacial score (nSPS) is 17.5. The number of fused-ring (bicyclic) bond motifs is 1. The zero-order chi connectivity index (χ0) is 15.5. The minimum atomic E-state index is -0.455. The van der Waals surface area contributed by atoms with Gasteiger partial charge in [-0.05, 0) is 37.8 Å². The van der Waals surface area contributed by atoms with E-state index in [-0.39, 0.29) is 5.91 Å². The van der Waals surface area contributed by atoms with E-state index in [1.54, 1.807) is 4.40 Å². The highest BCUT2D eigenvalue weighted by molar-refractivity contribution is 5.94. The molecule has 2 heterocycles. The largest absolute Gasteiger partial charge is 0.391 e. The van der Waals surface area contributed by atoms with E-state index in [1.165, 1.54) is 19.3 Å². The molecule has 5 nitrogen and oxygen atoms in total. The second kappa shape index (κ2) is 6.48. The van der Waals surface area contributed by atoms with Crippen molar-refractivity contribution in [1.29, 1.82) is 0 Å². The number of hydrogen-bond donors (Lipinski definition) is 2. The molecule has 22 heavy (non-hydrogen) atoms. The van der Waals surface area contributed by atoms with Gasteiger partial charge in [0.15, 0.2) is 0 Å². The Morgan fingerprint density at radius 2 is 2.18 bits per heavy atom. The quantitative estimate of drug-likeness (QED) is 0.910. The fourth-order valence-corrected chi connectivity index (χ4v) is 3.35. The average molecular weight is 301 g/mol. The van der Waals surface area contributed by atoms with Crippen molar-refractivity contribution in [2.45, 2.75) is 45.1 Å². The smallest absolute Gasteiger partial charge is 0.270 e. The molecule has 1 fully saturated rings. The maximum atomic E-state index is 12.4. The molecule has 1 aliphatic carbocycles. The number of imidazole rings is 1. The van der Waals surface area contributed by atoms with Crippen molar-refractivity contribution < 1.29 is 9.90 Å². The topological polar surface area (TPSA) is 66.6 Å². The zero-order valence-electron chi connectivity index (χ0n) is 13.0. The van der Waals surface area contributed by atoms with Gasteiger partial charge < -0.3 is 10.4 Å². The first-order valence-corrected chi connectivity index (χ1v) is 8.07. The highest BCUT2D eigenvalue weighted by atomic mass is 16.3. The predicted molar refractivity (Wildman–Crippen MR) is 84.8 cm³/mol. The molecule has 2 aromatic rings. The van der Waals surface area contributed by atoms with E-state index in [4.69, 9.17) is 0 Å². The van der Waals surface area contributed by atoms with Crippen LogP contribution in [0.1, 0.15) is 48.3 Å². The minimum Gasteiger partial charge on any atom is -0.391 e. The van der Waals surface area contributed by atoms with Gasteiger partial charge in [0.1, 0.15) is 11.3 Å². The summed E-state index contributed by atoms with van der Waals surface area (Å²) in [7, 11) is 0. The number of aryl methyl sites for hydroxylation is 1. The lowest BCUT2D eigenvalue weighted by atomic mass is 9.85. The second-order valence-electron chi connectivity index (χ2n) is 6.15. The number of carbonyl (C=O) groups excluding carboxylic acids is 1. The highest BCUT2D eigenvalue weighted by Gasteiger charge is 2.23. The van der Waals surface area contributed by atoms with Crippen LogP contribution in [0.3, 0.4) is 0 Å². The molecular weight excluding hydrogens is 278 g/mol. The van der Waals surface area contributed by atoms with Crippen molar-refractivity contribution in [2.24, 2.45) is 5.92 Å². The summed E-state index contributed by atoms with van der Waals surface area (Å²) < 4.78 is 1.79. The van der Waals surface area contributed by atoms with E-state index in [0.717, 1.165) is 18.5 Å². The number of amides is 1. The van der Waals surface area contributed by atoms with Crippen LogP contribution in [-0.2, 0) is 0 Å². The van der Waals surface area contributed by atoms with Crippen LogP contribution in [-0.4, -0.2) is 33.0 Å². The van der Waals surface area contributed by atoms with Gasteiger partial charge in [-0.2, -0.15) is 0 Å². The summed E-state index contributed by atoms with van der Waals surface area (Å²) in [6.45, 7) is 2.14. The van der Waals surface area contributed by atoms with Crippen LogP contribution in [0.2, 0.25) is 0 Å². The number of aliphatic hydroxyl groups excluding tert-OH is 1. The predicted octanol–water partition coefficient (Wildman–Crippen LogP) is 2.31. The first-order valence-electron chi connectivity index (χ1n) is 8.07. The monoisotopic (exact) mass is 301 g/mol. The molecule has 1 atom stereocenters. The van der Waals surface area contributed by atoms with Crippen LogP contribution in [0, 0.1) is 12.8 Å². The van der Waals surface area contributed by atoms with Gasteiger partial charge in [0.05, 0.1) is 11.8 Å².